The van der Waals surface area contributed by atoms with E-state index in [-0.39, 0.29) is 0 Å². The zero-order chi connectivity index (χ0) is 16.8. The Bertz CT molecular complexity index is 592. The summed E-state index contributed by atoms with van der Waals surface area (Å²) in [5, 5.41) is 0. The Balaban J connectivity index is 2.87. The predicted molar refractivity (Wildman–Crippen MR) is 99.0 cm³/mol. The lowest BCUT2D eigenvalue weighted by Gasteiger charge is -2.33. The van der Waals surface area contributed by atoms with Gasteiger partial charge in [0.2, 0.25) is 0 Å². The first-order valence-corrected chi connectivity index (χ1v) is 8.77. The van der Waals surface area contributed by atoms with Gasteiger partial charge in [-0.05, 0) is 74.6 Å². The van der Waals surface area contributed by atoms with Gasteiger partial charge in [0.25, 0.3) is 0 Å². The molecule has 0 aliphatic carbocycles. The molecule has 1 heteroatoms. The predicted octanol–water partition coefficient (Wildman–Crippen LogP) is 6.30. The van der Waals surface area contributed by atoms with Crippen LogP contribution in [0.25, 0.3) is 0 Å². The van der Waals surface area contributed by atoms with Crippen molar-refractivity contribution in [1.29, 1.82) is 0 Å². The van der Waals surface area contributed by atoms with E-state index in [4.69, 9.17) is 0 Å². The van der Waals surface area contributed by atoms with Crippen molar-refractivity contribution in [2.24, 2.45) is 5.92 Å². The molecule has 0 N–H and O–H groups in total. The Morgan fingerprint density at radius 2 is 1.55 bits per heavy atom. The van der Waals surface area contributed by atoms with Gasteiger partial charge in [-0.3, -0.25) is 0 Å². The van der Waals surface area contributed by atoms with Crippen molar-refractivity contribution in [3.63, 3.8) is 0 Å². The molecular formula is C21H33N. The highest BCUT2D eigenvalue weighted by atomic mass is 15.1. The van der Waals surface area contributed by atoms with Crippen LogP contribution in [0.2, 0.25) is 0 Å². The van der Waals surface area contributed by atoms with Crippen molar-refractivity contribution >= 4 is 5.69 Å². The molecule has 1 heterocycles. The third-order valence-corrected chi connectivity index (χ3v) is 5.60. The van der Waals surface area contributed by atoms with Crippen LogP contribution in [0, 0.1) is 19.8 Å². The molecule has 1 aliphatic rings. The SMILES string of the molecule is CC1=CN(C(C)C)c2c(C(C)C)cc(C)c(C)c2[C@H](C)[C@@H]1C. The van der Waals surface area contributed by atoms with Gasteiger partial charge in [-0.2, -0.15) is 0 Å². The molecule has 1 aromatic carbocycles. The zero-order valence-electron chi connectivity index (χ0n) is 15.9. The summed E-state index contributed by atoms with van der Waals surface area (Å²) in [6, 6.07) is 2.89. The van der Waals surface area contributed by atoms with Crippen molar-refractivity contribution in [2.45, 2.75) is 80.2 Å². The standard InChI is InChI=1S/C21H33N/c1-12(2)19-10-14(5)17(8)20-18(9)16(7)15(6)11-22(13(3)4)21(19)20/h10-13,16,18H,1-9H3/t16-,18-/m1/s1. The average molecular weight is 300 g/mol. The largest absolute Gasteiger partial charge is 0.345 e. The van der Waals surface area contributed by atoms with E-state index in [1.807, 2.05) is 0 Å². The van der Waals surface area contributed by atoms with Crippen LogP contribution in [0.3, 0.4) is 0 Å². The van der Waals surface area contributed by atoms with Crippen LogP contribution in [-0.2, 0) is 0 Å². The maximum absolute atomic E-state index is 2.52. The van der Waals surface area contributed by atoms with Gasteiger partial charge in [-0.15, -0.1) is 0 Å². The maximum Gasteiger partial charge on any atom is 0.0482 e. The Kier molecular flexibility index (Phi) is 4.75. The smallest absolute Gasteiger partial charge is 0.0482 e. The molecule has 0 fully saturated rings. The average Bonchev–Trinajstić information content (AvgIpc) is 2.53. The summed E-state index contributed by atoms with van der Waals surface area (Å²) in [5.41, 5.74) is 8.94. The molecule has 0 spiro atoms. The van der Waals surface area contributed by atoms with Crippen molar-refractivity contribution in [1.82, 2.24) is 0 Å². The first kappa shape index (κ1) is 17.1. The van der Waals surface area contributed by atoms with E-state index in [1.165, 1.54) is 28.0 Å². The highest BCUT2D eigenvalue weighted by Gasteiger charge is 2.30. The van der Waals surface area contributed by atoms with Gasteiger partial charge in [-0.1, -0.05) is 39.3 Å². The van der Waals surface area contributed by atoms with Crippen LogP contribution < -0.4 is 4.90 Å². The molecule has 0 amide bonds. The number of nitrogens with zero attached hydrogens (tertiary/aromatic N) is 1. The third-order valence-electron chi connectivity index (χ3n) is 5.60. The summed E-state index contributed by atoms with van der Waals surface area (Å²) in [6.45, 7) is 20.9. The first-order valence-electron chi connectivity index (χ1n) is 8.77. The maximum atomic E-state index is 2.52. The monoisotopic (exact) mass is 299 g/mol. The van der Waals surface area contributed by atoms with E-state index in [1.54, 1.807) is 5.56 Å². The minimum atomic E-state index is 0.478. The van der Waals surface area contributed by atoms with E-state index in [2.05, 4.69) is 79.5 Å². The second-order valence-electron chi connectivity index (χ2n) is 7.78. The summed E-state index contributed by atoms with van der Waals surface area (Å²) >= 11 is 0. The number of anilines is 1. The van der Waals surface area contributed by atoms with Gasteiger partial charge in [0.15, 0.2) is 0 Å². The van der Waals surface area contributed by atoms with Crippen LogP contribution in [-0.4, -0.2) is 6.04 Å². The zero-order valence-corrected chi connectivity index (χ0v) is 15.9. The third kappa shape index (κ3) is 2.71. The summed E-state index contributed by atoms with van der Waals surface area (Å²) in [6.07, 6.45) is 2.40. The van der Waals surface area contributed by atoms with Gasteiger partial charge in [-0.25, -0.2) is 0 Å². The van der Waals surface area contributed by atoms with Crippen LogP contribution in [0.15, 0.2) is 17.8 Å². The molecule has 0 bridgehead atoms. The molecule has 1 nitrogen and oxygen atoms in total. The fraction of sp³-hybridized carbons (Fsp3) is 0.619. The molecule has 0 unspecified atom stereocenters. The van der Waals surface area contributed by atoms with Gasteiger partial charge in [0.05, 0.1) is 0 Å². The summed E-state index contributed by atoms with van der Waals surface area (Å²) in [7, 11) is 0. The number of allylic oxidation sites excluding steroid dienone is 1. The normalized spacial score (nSPS) is 22.0. The number of benzene rings is 1. The Labute approximate surface area is 137 Å². The number of hydrogen-bond acceptors (Lipinski definition) is 1. The van der Waals surface area contributed by atoms with Gasteiger partial charge >= 0.3 is 0 Å². The van der Waals surface area contributed by atoms with E-state index in [9.17, 15) is 0 Å². The number of aryl methyl sites for hydroxylation is 1. The summed E-state index contributed by atoms with van der Waals surface area (Å²) in [5.74, 6) is 1.69. The minimum absolute atomic E-state index is 0.478. The Morgan fingerprint density at radius 1 is 0.955 bits per heavy atom. The molecule has 122 valence electrons. The van der Waals surface area contributed by atoms with Crippen molar-refractivity contribution in [3.05, 3.63) is 40.1 Å². The van der Waals surface area contributed by atoms with E-state index >= 15 is 0 Å². The molecule has 22 heavy (non-hydrogen) atoms. The van der Waals surface area contributed by atoms with Crippen LogP contribution in [0.4, 0.5) is 5.69 Å². The highest BCUT2D eigenvalue weighted by molar-refractivity contribution is 5.69. The molecule has 0 saturated carbocycles. The minimum Gasteiger partial charge on any atom is -0.345 e. The number of fused-ring (bicyclic) bond motifs is 1. The molecule has 2 rings (SSSR count). The quantitative estimate of drug-likeness (QED) is 0.619. The van der Waals surface area contributed by atoms with Crippen molar-refractivity contribution < 1.29 is 0 Å². The molecule has 0 radical (unpaired) electrons. The Morgan fingerprint density at radius 3 is 2.05 bits per heavy atom. The molecular weight excluding hydrogens is 266 g/mol. The lowest BCUT2D eigenvalue weighted by molar-refractivity contribution is 0.562. The molecule has 0 saturated heterocycles. The van der Waals surface area contributed by atoms with Crippen LogP contribution in [0.5, 0.6) is 0 Å². The van der Waals surface area contributed by atoms with Crippen molar-refractivity contribution in [2.75, 3.05) is 4.90 Å². The lowest BCUT2D eigenvalue weighted by Crippen LogP contribution is -2.27. The second-order valence-corrected chi connectivity index (χ2v) is 7.78. The summed E-state index contributed by atoms with van der Waals surface area (Å²) < 4.78 is 0. The van der Waals surface area contributed by atoms with Gasteiger partial charge in [0, 0.05) is 17.9 Å². The fourth-order valence-electron chi connectivity index (χ4n) is 3.69. The topological polar surface area (TPSA) is 3.24 Å². The molecule has 1 aliphatic heterocycles. The number of rotatable bonds is 2. The van der Waals surface area contributed by atoms with E-state index in [0.29, 0.717) is 23.8 Å². The fourth-order valence-corrected chi connectivity index (χ4v) is 3.69. The molecule has 0 aromatic heterocycles. The molecule has 1 aromatic rings. The van der Waals surface area contributed by atoms with E-state index in [0.717, 1.165) is 0 Å². The highest BCUT2D eigenvalue weighted by Crippen LogP contribution is 2.46. The lowest BCUT2D eigenvalue weighted by atomic mass is 9.79. The van der Waals surface area contributed by atoms with Crippen LogP contribution in [0.1, 0.15) is 82.6 Å². The number of hydrogen-bond donors (Lipinski definition) is 0. The van der Waals surface area contributed by atoms with Crippen LogP contribution >= 0.6 is 0 Å². The Hall–Kier alpha value is -1.24. The second kappa shape index (κ2) is 6.10. The summed E-state index contributed by atoms with van der Waals surface area (Å²) in [4.78, 5) is 2.52. The van der Waals surface area contributed by atoms with Gasteiger partial charge < -0.3 is 4.90 Å². The van der Waals surface area contributed by atoms with Gasteiger partial charge in [0.1, 0.15) is 0 Å². The van der Waals surface area contributed by atoms with Crippen molar-refractivity contribution in [3.8, 4) is 0 Å². The molecule has 2 atom stereocenters. The van der Waals surface area contributed by atoms with E-state index < -0.39 is 0 Å². The first-order chi connectivity index (χ1) is 10.2.